The molecule has 0 bridgehead atoms. The molecule has 7 heavy (non-hydrogen) atoms. The molecule has 2 nitrogen and oxygen atoms in total. The lowest BCUT2D eigenvalue weighted by molar-refractivity contribution is 0.176. The van der Waals surface area contributed by atoms with Gasteiger partial charge in [-0.1, -0.05) is 6.08 Å². The van der Waals surface area contributed by atoms with E-state index in [1.807, 2.05) is 6.08 Å². The molecule has 1 N–H and O–H groups in total. The van der Waals surface area contributed by atoms with Crippen LogP contribution >= 0.6 is 0 Å². The van der Waals surface area contributed by atoms with Gasteiger partial charge in [-0.15, -0.1) is 0 Å². The van der Waals surface area contributed by atoms with Crippen LogP contribution in [0.3, 0.4) is 0 Å². The molecular weight excluding hydrogens is 90.1 g/mol. The molecule has 0 aromatic heterocycles. The van der Waals surface area contributed by atoms with Crippen molar-refractivity contribution in [2.45, 2.75) is 6.42 Å². The third-order valence-electron chi connectivity index (χ3n) is 0.632. The summed E-state index contributed by atoms with van der Waals surface area (Å²) in [5, 5.41) is 0. The summed E-state index contributed by atoms with van der Waals surface area (Å²) in [6.45, 7) is 0. The van der Waals surface area contributed by atoms with Crippen LogP contribution in [0.2, 0.25) is 0 Å². The summed E-state index contributed by atoms with van der Waals surface area (Å²) < 4.78 is 0. The molecule has 1 radical (unpaired) electrons. The smallest absolute Gasteiger partial charge is 0.123 e. The molecule has 0 fully saturated rings. The fraction of sp³-hybridized carbons (Fsp3) is 0.200. The Hall–Kier alpha value is -0.920. The van der Waals surface area contributed by atoms with Crippen LogP contribution in [0.1, 0.15) is 6.42 Å². The first-order valence-electron chi connectivity index (χ1n) is 2.11. The van der Waals surface area contributed by atoms with Gasteiger partial charge in [0.15, 0.2) is 0 Å². The van der Waals surface area contributed by atoms with Crippen LogP contribution in [-0.4, -0.2) is 0 Å². The van der Waals surface area contributed by atoms with Crippen molar-refractivity contribution in [3.63, 3.8) is 0 Å². The Balaban J connectivity index is 2.38. The largest absolute Gasteiger partial charge is 0.390 e. The predicted molar refractivity (Wildman–Crippen MR) is 25.8 cm³/mol. The fourth-order valence-corrected chi connectivity index (χ4v) is 0.338. The average molecular weight is 96.1 g/mol. The van der Waals surface area contributed by atoms with Gasteiger partial charge < -0.3 is 4.84 Å². The minimum atomic E-state index is 0.826. The molecule has 1 aliphatic rings. The summed E-state index contributed by atoms with van der Waals surface area (Å²) in [5.41, 5.74) is 2.55. The van der Waals surface area contributed by atoms with Crippen LogP contribution in [0.5, 0.6) is 0 Å². The van der Waals surface area contributed by atoms with Gasteiger partial charge in [0.1, 0.15) is 6.26 Å². The minimum Gasteiger partial charge on any atom is -0.390 e. The summed E-state index contributed by atoms with van der Waals surface area (Å²) in [6.07, 6.45) is 8.83. The predicted octanol–water partition coefficient (Wildman–Crippen LogP) is 0.742. The maximum atomic E-state index is 4.62. The first-order valence-corrected chi connectivity index (χ1v) is 2.11. The van der Waals surface area contributed by atoms with E-state index in [4.69, 9.17) is 0 Å². The number of hydroxylamine groups is 1. The quantitative estimate of drug-likeness (QED) is 0.480. The zero-order valence-corrected chi connectivity index (χ0v) is 3.85. The molecule has 0 aromatic carbocycles. The van der Waals surface area contributed by atoms with Gasteiger partial charge in [-0.2, -0.15) is 0 Å². The van der Waals surface area contributed by atoms with E-state index in [1.165, 1.54) is 6.26 Å². The molecule has 1 heterocycles. The molecule has 2 heteroatoms. The van der Waals surface area contributed by atoms with Gasteiger partial charge in [0.2, 0.25) is 0 Å². The lowest BCUT2D eigenvalue weighted by Crippen LogP contribution is -1.97. The van der Waals surface area contributed by atoms with Crippen LogP contribution in [0, 0.1) is 6.08 Å². The van der Waals surface area contributed by atoms with Crippen LogP contribution in [0.25, 0.3) is 0 Å². The topological polar surface area (TPSA) is 21.3 Å². The third-order valence-corrected chi connectivity index (χ3v) is 0.632. The Bertz CT molecular complexity index is 84.3. The van der Waals surface area contributed by atoms with Crippen LogP contribution < -0.4 is 5.48 Å². The summed E-state index contributed by atoms with van der Waals surface area (Å²) in [6, 6.07) is 0. The van der Waals surface area contributed by atoms with Crippen LogP contribution in [0.15, 0.2) is 18.5 Å². The SMILES string of the molecule is [C]1=CONC=CC1. The number of nitrogens with one attached hydrogen (secondary N) is 1. The summed E-state index contributed by atoms with van der Waals surface area (Å²) >= 11 is 0. The zero-order valence-electron chi connectivity index (χ0n) is 3.85. The van der Waals surface area contributed by atoms with Crippen molar-refractivity contribution in [2.75, 3.05) is 0 Å². The zero-order chi connectivity index (χ0) is 4.95. The Kier molecular flexibility index (Phi) is 1.39. The van der Waals surface area contributed by atoms with Gasteiger partial charge in [0.05, 0.1) is 0 Å². The molecule has 0 saturated heterocycles. The lowest BCUT2D eigenvalue weighted by Gasteiger charge is -1.90. The summed E-state index contributed by atoms with van der Waals surface area (Å²) in [7, 11) is 0. The highest BCUT2D eigenvalue weighted by Crippen LogP contribution is 1.86. The second-order valence-electron chi connectivity index (χ2n) is 1.16. The fourth-order valence-electron chi connectivity index (χ4n) is 0.338. The molecule has 0 spiro atoms. The van der Waals surface area contributed by atoms with E-state index in [-0.39, 0.29) is 0 Å². The molecule has 1 rings (SSSR count). The molecule has 0 amide bonds. The molecular formula is C5H6NO. The number of hydrogen-bond donors (Lipinski definition) is 1. The van der Waals surface area contributed by atoms with Crippen molar-refractivity contribution in [1.29, 1.82) is 0 Å². The van der Waals surface area contributed by atoms with Gasteiger partial charge in [-0.25, -0.2) is 5.48 Å². The van der Waals surface area contributed by atoms with Gasteiger partial charge in [-0.05, 0) is 6.42 Å². The highest BCUT2D eigenvalue weighted by atomic mass is 16.6. The molecule has 37 valence electrons. The van der Waals surface area contributed by atoms with Crippen molar-refractivity contribution in [3.8, 4) is 0 Å². The van der Waals surface area contributed by atoms with E-state index < -0.39 is 0 Å². The number of rotatable bonds is 0. The van der Waals surface area contributed by atoms with Crippen molar-refractivity contribution in [1.82, 2.24) is 5.48 Å². The molecule has 0 unspecified atom stereocenters. The maximum Gasteiger partial charge on any atom is 0.123 e. The molecule has 0 aromatic rings. The molecule has 0 atom stereocenters. The van der Waals surface area contributed by atoms with Crippen molar-refractivity contribution in [3.05, 3.63) is 24.6 Å². The summed E-state index contributed by atoms with van der Waals surface area (Å²) in [4.78, 5) is 4.62. The Morgan fingerprint density at radius 1 is 1.71 bits per heavy atom. The second kappa shape index (κ2) is 2.29. The highest BCUT2D eigenvalue weighted by molar-refractivity contribution is 4.85. The third kappa shape index (κ3) is 1.30. The average Bonchev–Trinajstić information content (AvgIpc) is 1.90. The van der Waals surface area contributed by atoms with E-state index in [1.54, 1.807) is 6.20 Å². The Morgan fingerprint density at radius 2 is 2.71 bits per heavy atom. The maximum absolute atomic E-state index is 4.62. The molecule has 1 aliphatic heterocycles. The lowest BCUT2D eigenvalue weighted by atomic mass is 10.4. The molecule has 0 aliphatic carbocycles. The van der Waals surface area contributed by atoms with E-state index in [0.717, 1.165) is 6.42 Å². The highest BCUT2D eigenvalue weighted by Gasteiger charge is 1.77. The van der Waals surface area contributed by atoms with Gasteiger partial charge in [0, 0.05) is 12.3 Å². The van der Waals surface area contributed by atoms with Gasteiger partial charge in [0.25, 0.3) is 0 Å². The van der Waals surface area contributed by atoms with Gasteiger partial charge in [-0.3, -0.25) is 0 Å². The van der Waals surface area contributed by atoms with Crippen molar-refractivity contribution >= 4 is 0 Å². The number of hydrogen-bond acceptors (Lipinski definition) is 2. The van der Waals surface area contributed by atoms with E-state index >= 15 is 0 Å². The van der Waals surface area contributed by atoms with Crippen LogP contribution in [-0.2, 0) is 4.84 Å². The first kappa shape index (κ1) is 4.24. The van der Waals surface area contributed by atoms with Crippen molar-refractivity contribution in [2.24, 2.45) is 0 Å². The Morgan fingerprint density at radius 3 is 3.71 bits per heavy atom. The van der Waals surface area contributed by atoms with Crippen LogP contribution in [0.4, 0.5) is 0 Å². The van der Waals surface area contributed by atoms with E-state index in [9.17, 15) is 0 Å². The minimum absolute atomic E-state index is 0.826. The standard InChI is InChI=1S/C5H6NO/c1-2-4-6-7-5-3-1/h2,4-6H,1H2. The first-order chi connectivity index (χ1) is 3.50. The second-order valence-corrected chi connectivity index (χ2v) is 1.16. The molecule has 0 saturated carbocycles. The Labute approximate surface area is 42.4 Å². The van der Waals surface area contributed by atoms with E-state index in [0.29, 0.717) is 0 Å². The number of allylic oxidation sites excluding steroid dienone is 2. The van der Waals surface area contributed by atoms with Crippen molar-refractivity contribution < 1.29 is 4.84 Å². The van der Waals surface area contributed by atoms with Gasteiger partial charge >= 0.3 is 0 Å². The monoisotopic (exact) mass is 96.0 g/mol. The summed E-state index contributed by atoms with van der Waals surface area (Å²) in [5.74, 6) is 0. The normalized spacial score (nSPS) is 17.1. The van der Waals surface area contributed by atoms with E-state index in [2.05, 4.69) is 16.4 Å².